The molecule has 0 spiro atoms. The van der Waals surface area contributed by atoms with Gasteiger partial charge in [0.05, 0.1) is 7.11 Å². The van der Waals surface area contributed by atoms with Crippen molar-refractivity contribution < 1.29 is 9.53 Å². The van der Waals surface area contributed by atoms with Crippen molar-refractivity contribution in [2.75, 3.05) is 7.11 Å². The number of benzene rings is 2. The van der Waals surface area contributed by atoms with Crippen LogP contribution in [0.1, 0.15) is 24.0 Å². The number of allylic oxidation sites excluding steroid dienone is 1. The second kappa shape index (κ2) is 8.05. The van der Waals surface area contributed by atoms with E-state index in [1.54, 1.807) is 13.2 Å². The highest BCUT2D eigenvalue weighted by atomic mass is 16.5. The average molecular weight is 280 g/mol. The van der Waals surface area contributed by atoms with Crippen molar-refractivity contribution in [3.8, 4) is 5.75 Å². The highest BCUT2D eigenvalue weighted by Crippen LogP contribution is 2.12. The molecule has 2 aromatic rings. The van der Waals surface area contributed by atoms with Crippen LogP contribution in [0.15, 0.2) is 60.7 Å². The van der Waals surface area contributed by atoms with Gasteiger partial charge in [0.1, 0.15) is 5.75 Å². The Hall–Kier alpha value is -2.35. The molecule has 0 amide bonds. The maximum absolute atomic E-state index is 11.8. The van der Waals surface area contributed by atoms with Crippen LogP contribution in [0.2, 0.25) is 0 Å². The number of carbonyl (C=O) groups excluding carboxylic acids is 1. The monoisotopic (exact) mass is 280 g/mol. The van der Waals surface area contributed by atoms with E-state index in [2.05, 4.69) is 12.1 Å². The van der Waals surface area contributed by atoms with Gasteiger partial charge in [0.25, 0.3) is 0 Å². The van der Waals surface area contributed by atoms with Crippen molar-refractivity contribution in [3.63, 3.8) is 0 Å². The molecule has 2 nitrogen and oxygen atoms in total. The zero-order chi connectivity index (χ0) is 14.9. The van der Waals surface area contributed by atoms with E-state index in [1.807, 2.05) is 48.5 Å². The number of rotatable bonds is 7. The number of carbonyl (C=O) groups is 1. The minimum Gasteiger partial charge on any atom is -0.497 e. The van der Waals surface area contributed by atoms with Crippen LogP contribution < -0.4 is 4.74 Å². The summed E-state index contributed by atoms with van der Waals surface area (Å²) in [6, 6.07) is 17.9. The van der Waals surface area contributed by atoms with Gasteiger partial charge in [0, 0.05) is 6.42 Å². The molecule has 108 valence electrons. The fourth-order valence-corrected chi connectivity index (χ4v) is 2.10. The molecule has 0 N–H and O–H groups in total. The molecule has 0 unspecified atom stereocenters. The molecule has 21 heavy (non-hydrogen) atoms. The molecule has 0 aromatic heterocycles. The van der Waals surface area contributed by atoms with Crippen molar-refractivity contribution >= 4 is 11.9 Å². The fraction of sp³-hybridized carbons (Fsp3) is 0.211. The predicted molar refractivity (Wildman–Crippen MR) is 86.4 cm³/mol. The summed E-state index contributed by atoms with van der Waals surface area (Å²) in [5.41, 5.74) is 2.29. The lowest BCUT2D eigenvalue weighted by atomic mass is 10.1. The van der Waals surface area contributed by atoms with Crippen molar-refractivity contribution in [3.05, 3.63) is 71.8 Å². The lowest BCUT2D eigenvalue weighted by Gasteiger charge is -2.00. The number of hydrogen-bond acceptors (Lipinski definition) is 2. The van der Waals surface area contributed by atoms with Crippen LogP contribution in [-0.2, 0) is 11.2 Å². The number of methoxy groups -OCH3 is 1. The van der Waals surface area contributed by atoms with Crippen LogP contribution in [0.3, 0.4) is 0 Å². The third-order valence-corrected chi connectivity index (χ3v) is 3.31. The summed E-state index contributed by atoms with van der Waals surface area (Å²) >= 11 is 0. The topological polar surface area (TPSA) is 26.3 Å². The van der Waals surface area contributed by atoms with E-state index in [4.69, 9.17) is 4.74 Å². The van der Waals surface area contributed by atoms with Gasteiger partial charge >= 0.3 is 0 Å². The summed E-state index contributed by atoms with van der Waals surface area (Å²) in [4.78, 5) is 11.8. The number of aryl methyl sites for hydroxylation is 1. The average Bonchev–Trinajstić information content (AvgIpc) is 2.54. The van der Waals surface area contributed by atoms with Crippen LogP contribution in [0, 0.1) is 0 Å². The Bertz CT molecular complexity index is 583. The smallest absolute Gasteiger partial charge is 0.155 e. The summed E-state index contributed by atoms with van der Waals surface area (Å²) in [5.74, 6) is 0.989. The normalized spacial score (nSPS) is 10.7. The van der Waals surface area contributed by atoms with Crippen LogP contribution in [0.5, 0.6) is 5.75 Å². The van der Waals surface area contributed by atoms with Crippen LogP contribution in [0.4, 0.5) is 0 Å². The first-order valence-corrected chi connectivity index (χ1v) is 7.17. The van der Waals surface area contributed by atoms with E-state index in [-0.39, 0.29) is 5.78 Å². The zero-order valence-corrected chi connectivity index (χ0v) is 12.3. The highest BCUT2D eigenvalue weighted by Gasteiger charge is 1.98. The zero-order valence-electron chi connectivity index (χ0n) is 12.3. The summed E-state index contributed by atoms with van der Waals surface area (Å²) in [5, 5.41) is 0. The summed E-state index contributed by atoms with van der Waals surface area (Å²) in [6.45, 7) is 0. The first-order valence-electron chi connectivity index (χ1n) is 7.17. The van der Waals surface area contributed by atoms with Gasteiger partial charge in [0.2, 0.25) is 0 Å². The molecule has 0 fully saturated rings. The highest BCUT2D eigenvalue weighted by molar-refractivity contribution is 5.93. The molecule has 0 aliphatic rings. The summed E-state index contributed by atoms with van der Waals surface area (Å²) < 4.78 is 5.10. The van der Waals surface area contributed by atoms with Crippen molar-refractivity contribution in [1.29, 1.82) is 0 Å². The summed E-state index contributed by atoms with van der Waals surface area (Å²) in [7, 11) is 1.64. The third kappa shape index (κ3) is 5.27. The molecule has 0 aliphatic heterocycles. The Balaban J connectivity index is 1.77. The van der Waals surface area contributed by atoms with E-state index >= 15 is 0 Å². The minimum absolute atomic E-state index is 0.168. The van der Waals surface area contributed by atoms with E-state index in [9.17, 15) is 4.79 Å². The first-order chi connectivity index (χ1) is 10.3. The molecule has 0 radical (unpaired) electrons. The van der Waals surface area contributed by atoms with Crippen molar-refractivity contribution in [2.45, 2.75) is 19.3 Å². The second-order valence-electron chi connectivity index (χ2n) is 4.91. The number of ether oxygens (including phenoxy) is 1. The van der Waals surface area contributed by atoms with Crippen molar-refractivity contribution in [2.24, 2.45) is 0 Å². The van der Waals surface area contributed by atoms with Gasteiger partial charge in [-0.2, -0.15) is 0 Å². The number of hydrogen-bond donors (Lipinski definition) is 0. The maximum atomic E-state index is 11.8. The molecular weight excluding hydrogens is 260 g/mol. The van der Waals surface area contributed by atoms with Gasteiger partial charge in [-0.05, 0) is 42.2 Å². The molecular formula is C19H20O2. The molecule has 0 heterocycles. The second-order valence-corrected chi connectivity index (χ2v) is 4.91. The summed E-state index contributed by atoms with van der Waals surface area (Å²) in [6.07, 6.45) is 5.93. The standard InChI is InChI=1S/C19H20O2/c1-21-19-14-11-17(12-15-19)10-13-18(20)9-5-8-16-6-3-2-4-7-16/h2-4,6-7,10-15H,5,8-9H2,1H3/b13-10+. The molecule has 2 aromatic carbocycles. The van der Waals surface area contributed by atoms with E-state index < -0.39 is 0 Å². The molecule has 0 aliphatic carbocycles. The molecule has 2 heteroatoms. The van der Waals surface area contributed by atoms with E-state index in [0.717, 1.165) is 24.2 Å². The Morgan fingerprint density at radius 1 is 1.05 bits per heavy atom. The lowest BCUT2D eigenvalue weighted by molar-refractivity contribution is -0.114. The van der Waals surface area contributed by atoms with E-state index in [0.29, 0.717) is 6.42 Å². The Labute approximate surface area is 126 Å². The molecule has 0 bridgehead atoms. The Morgan fingerprint density at radius 3 is 2.43 bits per heavy atom. The van der Waals surface area contributed by atoms with Crippen LogP contribution in [0.25, 0.3) is 6.08 Å². The van der Waals surface area contributed by atoms with Gasteiger partial charge in [0.15, 0.2) is 5.78 Å². The van der Waals surface area contributed by atoms with Crippen LogP contribution in [-0.4, -0.2) is 12.9 Å². The predicted octanol–water partition coefficient (Wildman–Crippen LogP) is 4.30. The van der Waals surface area contributed by atoms with Crippen LogP contribution >= 0.6 is 0 Å². The van der Waals surface area contributed by atoms with Gasteiger partial charge in [-0.1, -0.05) is 48.5 Å². The van der Waals surface area contributed by atoms with Crippen molar-refractivity contribution in [1.82, 2.24) is 0 Å². The van der Waals surface area contributed by atoms with Gasteiger partial charge in [-0.3, -0.25) is 4.79 Å². The Kier molecular flexibility index (Phi) is 5.77. The third-order valence-electron chi connectivity index (χ3n) is 3.31. The first kappa shape index (κ1) is 15.0. The van der Waals surface area contributed by atoms with Gasteiger partial charge in [-0.25, -0.2) is 0 Å². The quantitative estimate of drug-likeness (QED) is 0.707. The minimum atomic E-state index is 0.168. The maximum Gasteiger partial charge on any atom is 0.155 e. The number of ketones is 1. The SMILES string of the molecule is COc1ccc(/C=C/C(=O)CCCc2ccccc2)cc1. The fourth-order valence-electron chi connectivity index (χ4n) is 2.10. The largest absolute Gasteiger partial charge is 0.497 e. The lowest BCUT2D eigenvalue weighted by Crippen LogP contribution is -1.94. The molecule has 0 saturated carbocycles. The molecule has 0 saturated heterocycles. The molecule has 0 atom stereocenters. The Morgan fingerprint density at radius 2 is 1.76 bits per heavy atom. The molecule has 2 rings (SSSR count). The van der Waals surface area contributed by atoms with Gasteiger partial charge in [-0.15, -0.1) is 0 Å². The van der Waals surface area contributed by atoms with Gasteiger partial charge < -0.3 is 4.74 Å². The van der Waals surface area contributed by atoms with E-state index in [1.165, 1.54) is 5.56 Å².